The van der Waals surface area contributed by atoms with Crippen LogP contribution in [-0.2, 0) is 18.3 Å². The van der Waals surface area contributed by atoms with E-state index < -0.39 is 6.10 Å². The van der Waals surface area contributed by atoms with Crippen molar-refractivity contribution in [1.82, 2.24) is 14.7 Å². The number of aliphatic hydroxyl groups is 1. The topological polar surface area (TPSA) is 58.4 Å². The van der Waals surface area contributed by atoms with Crippen LogP contribution < -0.4 is 0 Å². The van der Waals surface area contributed by atoms with E-state index in [-0.39, 0.29) is 30.7 Å². The lowest BCUT2D eigenvalue weighted by Gasteiger charge is -2.25. The number of amides is 1. The number of halogens is 1. The van der Waals surface area contributed by atoms with Crippen LogP contribution in [0.25, 0.3) is 0 Å². The number of aryl methyl sites for hydroxylation is 2. The molecule has 24 heavy (non-hydrogen) atoms. The van der Waals surface area contributed by atoms with Crippen molar-refractivity contribution < 1.29 is 14.3 Å². The Labute approximate surface area is 140 Å². The molecular weight excluding hydrogens is 309 g/mol. The lowest BCUT2D eigenvalue weighted by molar-refractivity contribution is -0.131. The smallest absolute Gasteiger partial charge is 0.227 e. The molecule has 0 unspecified atom stereocenters. The Morgan fingerprint density at radius 1 is 1.42 bits per heavy atom. The van der Waals surface area contributed by atoms with Crippen LogP contribution >= 0.6 is 0 Å². The van der Waals surface area contributed by atoms with Crippen LogP contribution in [0.1, 0.15) is 35.0 Å². The van der Waals surface area contributed by atoms with Crippen LogP contribution in [0.4, 0.5) is 4.39 Å². The predicted molar refractivity (Wildman–Crippen MR) is 87.9 cm³/mol. The number of aromatic nitrogens is 2. The van der Waals surface area contributed by atoms with Gasteiger partial charge >= 0.3 is 0 Å². The van der Waals surface area contributed by atoms with Gasteiger partial charge in [-0.25, -0.2) is 4.39 Å². The quantitative estimate of drug-likeness (QED) is 0.936. The Kier molecular flexibility index (Phi) is 4.41. The Morgan fingerprint density at radius 3 is 2.79 bits per heavy atom. The molecule has 6 heteroatoms. The van der Waals surface area contributed by atoms with Crippen molar-refractivity contribution in [2.24, 2.45) is 7.05 Å². The highest BCUT2D eigenvalue weighted by Gasteiger charge is 2.35. The van der Waals surface area contributed by atoms with Crippen molar-refractivity contribution in [2.75, 3.05) is 6.54 Å². The fourth-order valence-electron chi connectivity index (χ4n) is 3.45. The van der Waals surface area contributed by atoms with Gasteiger partial charge in [0, 0.05) is 24.8 Å². The molecule has 0 aliphatic carbocycles. The highest BCUT2D eigenvalue weighted by Crippen LogP contribution is 2.33. The summed E-state index contributed by atoms with van der Waals surface area (Å²) in [6, 6.07) is 5.95. The van der Waals surface area contributed by atoms with Gasteiger partial charge < -0.3 is 10.0 Å². The van der Waals surface area contributed by atoms with Crippen molar-refractivity contribution >= 4 is 5.91 Å². The summed E-state index contributed by atoms with van der Waals surface area (Å²) in [5.41, 5.74) is 3.44. The van der Waals surface area contributed by atoms with Gasteiger partial charge in [-0.1, -0.05) is 12.1 Å². The minimum absolute atomic E-state index is 0.0694. The Hall–Kier alpha value is -2.21. The third-order valence-electron chi connectivity index (χ3n) is 4.82. The molecule has 1 saturated heterocycles. The molecular formula is C18H22FN3O2. The van der Waals surface area contributed by atoms with Gasteiger partial charge in [-0.3, -0.25) is 9.48 Å². The summed E-state index contributed by atoms with van der Waals surface area (Å²) in [4.78, 5) is 14.5. The molecule has 0 saturated carbocycles. The van der Waals surface area contributed by atoms with Gasteiger partial charge in [-0.05, 0) is 38.0 Å². The molecule has 3 rings (SSSR count). The highest BCUT2D eigenvalue weighted by atomic mass is 19.1. The zero-order chi connectivity index (χ0) is 17.4. The predicted octanol–water partition coefficient (Wildman–Crippen LogP) is 2.05. The molecule has 1 aromatic heterocycles. The summed E-state index contributed by atoms with van der Waals surface area (Å²) in [5, 5.41) is 14.4. The lowest BCUT2D eigenvalue weighted by Crippen LogP contribution is -2.33. The number of nitrogens with zero attached hydrogens (tertiary/aromatic N) is 3. The molecule has 2 aromatic rings. The van der Waals surface area contributed by atoms with Gasteiger partial charge in [0.1, 0.15) is 5.82 Å². The van der Waals surface area contributed by atoms with Gasteiger partial charge in [0.2, 0.25) is 5.91 Å². The maximum absolute atomic E-state index is 13.5. The number of rotatable bonds is 3. The number of carbonyl (C=O) groups is 1. The zero-order valence-electron chi connectivity index (χ0n) is 14.2. The van der Waals surface area contributed by atoms with E-state index in [0.29, 0.717) is 6.42 Å². The highest BCUT2D eigenvalue weighted by molar-refractivity contribution is 5.80. The summed E-state index contributed by atoms with van der Waals surface area (Å²) in [7, 11) is 1.85. The first kappa shape index (κ1) is 16.6. The van der Waals surface area contributed by atoms with E-state index in [2.05, 4.69) is 5.10 Å². The van der Waals surface area contributed by atoms with Crippen molar-refractivity contribution in [2.45, 2.75) is 38.8 Å². The van der Waals surface area contributed by atoms with Gasteiger partial charge in [-0.2, -0.15) is 5.10 Å². The maximum atomic E-state index is 13.5. The molecule has 0 bridgehead atoms. The standard InChI is InChI=1S/C18H22FN3O2/c1-11-16(12(2)21(3)20-11)9-18(24)22-10-15(23)8-17(22)13-5-4-6-14(19)7-13/h4-7,15,17,23H,8-10H2,1-3H3/t15-,17-/m1/s1. The number of hydrogen-bond acceptors (Lipinski definition) is 3. The van der Waals surface area contributed by atoms with Crippen LogP contribution in [0.3, 0.4) is 0 Å². The summed E-state index contributed by atoms with van der Waals surface area (Å²) in [6.07, 6.45) is 0.0860. The van der Waals surface area contributed by atoms with Gasteiger partial charge in [-0.15, -0.1) is 0 Å². The summed E-state index contributed by atoms with van der Waals surface area (Å²) < 4.78 is 15.3. The summed E-state index contributed by atoms with van der Waals surface area (Å²) in [6.45, 7) is 4.10. The largest absolute Gasteiger partial charge is 0.391 e. The second-order valence-corrected chi connectivity index (χ2v) is 6.46. The average molecular weight is 331 g/mol. The van der Waals surface area contributed by atoms with Crippen molar-refractivity contribution in [3.8, 4) is 0 Å². The molecule has 0 spiro atoms. The molecule has 1 fully saturated rings. The molecule has 1 N–H and O–H groups in total. The number of benzene rings is 1. The van der Waals surface area contributed by atoms with Crippen LogP contribution in [0.15, 0.2) is 24.3 Å². The molecule has 2 heterocycles. The van der Waals surface area contributed by atoms with E-state index in [1.54, 1.807) is 21.7 Å². The average Bonchev–Trinajstić information content (AvgIpc) is 3.03. The SMILES string of the molecule is Cc1nn(C)c(C)c1CC(=O)N1C[C@H](O)C[C@@H]1c1cccc(F)c1. The van der Waals surface area contributed by atoms with Gasteiger partial charge in [0.25, 0.3) is 0 Å². The first-order valence-electron chi connectivity index (χ1n) is 8.09. The van der Waals surface area contributed by atoms with Crippen LogP contribution in [0, 0.1) is 19.7 Å². The number of aliphatic hydroxyl groups excluding tert-OH is 1. The number of carbonyl (C=O) groups excluding carboxylic acids is 1. The molecule has 1 aliphatic heterocycles. The molecule has 2 atom stereocenters. The van der Waals surface area contributed by atoms with E-state index >= 15 is 0 Å². The molecule has 1 aromatic carbocycles. The van der Waals surface area contributed by atoms with Crippen molar-refractivity contribution in [1.29, 1.82) is 0 Å². The van der Waals surface area contributed by atoms with Gasteiger partial charge in [0.05, 0.1) is 24.3 Å². The van der Waals surface area contributed by atoms with Gasteiger partial charge in [0.15, 0.2) is 0 Å². The molecule has 1 amide bonds. The van der Waals surface area contributed by atoms with Crippen molar-refractivity contribution in [3.05, 3.63) is 52.6 Å². The van der Waals surface area contributed by atoms with E-state index in [9.17, 15) is 14.3 Å². The summed E-state index contributed by atoms with van der Waals surface area (Å²) >= 11 is 0. The number of hydrogen-bond donors (Lipinski definition) is 1. The third-order valence-corrected chi connectivity index (χ3v) is 4.82. The molecule has 5 nitrogen and oxygen atoms in total. The zero-order valence-corrected chi connectivity index (χ0v) is 14.2. The first-order valence-corrected chi connectivity index (χ1v) is 8.09. The van der Waals surface area contributed by atoms with E-state index in [1.807, 2.05) is 20.9 Å². The Bertz CT molecular complexity index is 772. The van der Waals surface area contributed by atoms with Crippen molar-refractivity contribution in [3.63, 3.8) is 0 Å². The summed E-state index contributed by atoms with van der Waals surface area (Å²) in [5.74, 6) is -0.403. The molecule has 0 radical (unpaired) electrons. The first-order chi connectivity index (χ1) is 11.4. The molecule has 128 valence electrons. The monoisotopic (exact) mass is 331 g/mol. The number of β-amino-alcohol motifs (C(OH)–C–C–N with tert-alkyl or cyclic N) is 1. The van der Waals surface area contributed by atoms with E-state index in [1.165, 1.54) is 12.1 Å². The normalized spacial score (nSPS) is 20.6. The molecule has 1 aliphatic rings. The maximum Gasteiger partial charge on any atom is 0.227 e. The minimum Gasteiger partial charge on any atom is -0.391 e. The van der Waals surface area contributed by atoms with E-state index in [0.717, 1.165) is 22.5 Å². The van der Waals surface area contributed by atoms with Crippen LogP contribution in [0.2, 0.25) is 0 Å². The number of likely N-dealkylation sites (tertiary alicyclic amines) is 1. The van der Waals surface area contributed by atoms with Crippen LogP contribution in [0.5, 0.6) is 0 Å². The minimum atomic E-state index is -0.585. The Balaban J connectivity index is 1.84. The Morgan fingerprint density at radius 2 is 2.17 bits per heavy atom. The second-order valence-electron chi connectivity index (χ2n) is 6.46. The fraction of sp³-hybridized carbons (Fsp3) is 0.444. The lowest BCUT2D eigenvalue weighted by atomic mass is 10.0. The third kappa shape index (κ3) is 3.06. The second kappa shape index (κ2) is 6.36. The van der Waals surface area contributed by atoms with Crippen LogP contribution in [-0.4, -0.2) is 38.3 Å². The fourth-order valence-corrected chi connectivity index (χ4v) is 3.45. The van der Waals surface area contributed by atoms with E-state index in [4.69, 9.17) is 0 Å².